The zero-order valence-electron chi connectivity index (χ0n) is 14.8. The maximum Gasteiger partial charge on any atom is 0.108 e. The number of nitrogens with zero attached hydrogens (tertiary/aromatic N) is 2. The second-order valence-corrected chi connectivity index (χ2v) is 8.30. The first-order valence-corrected chi connectivity index (χ1v) is 9.90. The fourth-order valence-electron chi connectivity index (χ4n) is 2.81. The zero-order chi connectivity index (χ0) is 18.8. The van der Waals surface area contributed by atoms with Crippen molar-refractivity contribution in [2.75, 3.05) is 0 Å². The van der Waals surface area contributed by atoms with E-state index < -0.39 is 6.10 Å². The molecule has 1 atom stereocenters. The molecule has 0 aliphatic heterocycles. The number of aryl methyl sites for hydroxylation is 1. The van der Waals surface area contributed by atoms with Gasteiger partial charge in [-0.1, -0.05) is 65.3 Å². The van der Waals surface area contributed by atoms with Gasteiger partial charge in [0.15, 0.2) is 0 Å². The molecule has 0 bridgehead atoms. The van der Waals surface area contributed by atoms with Crippen LogP contribution in [0.25, 0.3) is 0 Å². The van der Waals surface area contributed by atoms with E-state index in [-0.39, 0.29) is 6.04 Å². The Hall–Kier alpha value is -1.46. The number of rotatable bonds is 5. The summed E-state index contributed by atoms with van der Waals surface area (Å²) in [6, 6.07) is 15.2. The minimum absolute atomic E-state index is 0.155. The average molecular weight is 407 g/mol. The van der Waals surface area contributed by atoms with Crippen molar-refractivity contribution in [3.63, 3.8) is 0 Å². The Kier molecular flexibility index (Phi) is 5.98. The summed E-state index contributed by atoms with van der Waals surface area (Å²) >= 11 is 13.8. The number of hydrogen-bond donors (Lipinski definition) is 1. The molecule has 0 radical (unpaired) electrons. The van der Waals surface area contributed by atoms with Crippen molar-refractivity contribution in [3.05, 3.63) is 75.4 Å². The summed E-state index contributed by atoms with van der Waals surface area (Å²) in [6.07, 6.45) is -0.749. The Morgan fingerprint density at radius 2 is 1.65 bits per heavy atom. The first kappa shape index (κ1) is 19.3. The van der Waals surface area contributed by atoms with E-state index in [9.17, 15) is 5.11 Å². The minimum atomic E-state index is -0.749. The molecule has 0 saturated heterocycles. The van der Waals surface area contributed by atoms with Crippen molar-refractivity contribution in [3.8, 4) is 0 Å². The molecule has 1 aromatic heterocycles. The van der Waals surface area contributed by atoms with Crippen molar-refractivity contribution >= 4 is 35.0 Å². The van der Waals surface area contributed by atoms with E-state index in [4.69, 9.17) is 23.2 Å². The normalized spacial score (nSPS) is 12.6. The molecule has 3 nitrogen and oxygen atoms in total. The van der Waals surface area contributed by atoms with Gasteiger partial charge in [-0.3, -0.25) is 4.68 Å². The number of aliphatic hydroxyl groups is 1. The molecule has 0 amide bonds. The maximum atomic E-state index is 11.0. The molecule has 2 aromatic carbocycles. The van der Waals surface area contributed by atoms with E-state index in [0.29, 0.717) is 10.0 Å². The van der Waals surface area contributed by atoms with E-state index in [0.717, 1.165) is 26.7 Å². The Bertz CT molecular complexity index is 889. The van der Waals surface area contributed by atoms with Crippen LogP contribution in [0.5, 0.6) is 0 Å². The summed E-state index contributed by atoms with van der Waals surface area (Å²) in [4.78, 5) is 0.908. The number of hydrogen-bond acceptors (Lipinski definition) is 3. The second kappa shape index (κ2) is 8.05. The van der Waals surface area contributed by atoms with Gasteiger partial charge in [0, 0.05) is 26.5 Å². The zero-order valence-corrected chi connectivity index (χ0v) is 17.1. The van der Waals surface area contributed by atoms with E-state index >= 15 is 0 Å². The highest BCUT2D eigenvalue weighted by atomic mass is 35.5. The molecule has 0 fully saturated rings. The van der Waals surface area contributed by atoms with Crippen LogP contribution in [0.15, 0.2) is 58.5 Å². The highest BCUT2D eigenvalue weighted by molar-refractivity contribution is 7.99. The number of benzene rings is 2. The Morgan fingerprint density at radius 3 is 2.23 bits per heavy atom. The molecule has 1 unspecified atom stereocenters. The first-order chi connectivity index (χ1) is 12.4. The predicted octanol–water partition coefficient (Wildman–Crippen LogP) is 6.31. The molecule has 3 rings (SSSR count). The lowest BCUT2D eigenvalue weighted by Gasteiger charge is -2.16. The molecule has 6 heteroatoms. The monoisotopic (exact) mass is 406 g/mol. The van der Waals surface area contributed by atoms with Crippen molar-refractivity contribution in [2.45, 2.75) is 42.8 Å². The quantitative estimate of drug-likeness (QED) is 0.538. The molecule has 0 aliphatic rings. The van der Waals surface area contributed by atoms with Crippen molar-refractivity contribution in [1.82, 2.24) is 9.78 Å². The number of aliphatic hydroxyl groups excluding tert-OH is 1. The van der Waals surface area contributed by atoms with Gasteiger partial charge in [-0.25, -0.2) is 0 Å². The third-order valence-corrected chi connectivity index (χ3v) is 5.52. The van der Waals surface area contributed by atoms with Crippen molar-refractivity contribution < 1.29 is 5.11 Å². The van der Waals surface area contributed by atoms with Gasteiger partial charge in [-0.15, -0.1) is 0 Å². The fraction of sp³-hybridized carbons (Fsp3) is 0.250. The summed E-state index contributed by atoms with van der Waals surface area (Å²) in [6.45, 7) is 6.07. The summed E-state index contributed by atoms with van der Waals surface area (Å²) in [5.74, 6) is 0. The Morgan fingerprint density at radius 1 is 1.04 bits per heavy atom. The molecule has 0 aliphatic carbocycles. The standard InChI is InChI=1S/C20H20Cl2N2OS/c1-12(2)24-20(26-17-10-15(21)9-16(22)11-17)18(13(3)23-24)19(25)14-7-5-4-6-8-14/h4-12,19,25H,1-3H3. The van der Waals surface area contributed by atoms with Gasteiger partial charge in [-0.2, -0.15) is 5.10 Å². The summed E-state index contributed by atoms with van der Waals surface area (Å²) in [5.41, 5.74) is 2.46. The Labute approximate surface area is 168 Å². The molecule has 136 valence electrons. The van der Waals surface area contributed by atoms with Gasteiger partial charge >= 0.3 is 0 Å². The van der Waals surface area contributed by atoms with Gasteiger partial charge in [-0.05, 0) is 44.5 Å². The van der Waals surface area contributed by atoms with E-state index in [2.05, 4.69) is 18.9 Å². The molecule has 1 heterocycles. The van der Waals surface area contributed by atoms with Crippen molar-refractivity contribution in [2.24, 2.45) is 0 Å². The highest BCUT2D eigenvalue weighted by Crippen LogP contribution is 2.40. The molecule has 1 N–H and O–H groups in total. The third kappa shape index (κ3) is 4.09. The predicted molar refractivity (Wildman–Crippen MR) is 108 cm³/mol. The van der Waals surface area contributed by atoms with Crippen LogP contribution in [0.3, 0.4) is 0 Å². The molecular formula is C20H20Cl2N2OS. The van der Waals surface area contributed by atoms with Crippen LogP contribution in [0.2, 0.25) is 10.0 Å². The summed E-state index contributed by atoms with van der Waals surface area (Å²) in [5, 5.41) is 17.7. The van der Waals surface area contributed by atoms with Gasteiger partial charge in [0.2, 0.25) is 0 Å². The first-order valence-electron chi connectivity index (χ1n) is 8.32. The second-order valence-electron chi connectivity index (χ2n) is 6.36. The minimum Gasteiger partial charge on any atom is -0.383 e. The molecule has 0 saturated carbocycles. The number of halogens is 2. The van der Waals surface area contributed by atoms with Crippen LogP contribution >= 0.6 is 35.0 Å². The van der Waals surface area contributed by atoms with Crippen LogP contribution in [0, 0.1) is 6.92 Å². The highest BCUT2D eigenvalue weighted by Gasteiger charge is 2.25. The lowest BCUT2D eigenvalue weighted by molar-refractivity contribution is 0.216. The molecule has 0 spiro atoms. The lowest BCUT2D eigenvalue weighted by Crippen LogP contribution is -2.06. The lowest BCUT2D eigenvalue weighted by atomic mass is 10.0. The van der Waals surface area contributed by atoms with Gasteiger partial charge < -0.3 is 5.11 Å². The van der Waals surface area contributed by atoms with E-state index in [1.165, 1.54) is 11.8 Å². The topological polar surface area (TPSA) is 38.0 Å². The van der Waals surface area contributed by atoms with Crippen LogP contribution in [-0.2, 0) is 0 Å². The van der Waals surface area contributed by atoms with Crippen LogP contribution < -0.4 is 0 Å². The fourth-order valence-corrected chi connectivity index (χ4v) is 4.77. The summed E-state index contributed by atoms with van der Waals surface area (Å²) in [7, 11) is 0. The van der Waals surface area contributed by atoms with Crippen LogP contribution in [0.4, 0.5) is 0 Å². The number of aromatic nitrogens is 2. The third-order valence-electron chi connectivity index (χ3n) is 4.01. The molecule has 3 aromatic rings. The van der Waals surface area contributed by atoms with Gasteiger partial charge in [0.25, 0.3) is 0 Å². The average Bonchev–Trinajstić information content (AvgIpc) is 2.90. The molecule has 26 heavy (non-hydrogen) atoms. The smallest absolute Gasteiger partial charge is 0.108 e. The maximum absolute atomic E-state index is 11.0. The SMILES string of the molecule is Cc1nn(C(C)C)c(Sc2cc(Cl)cc(Cl)c2)c1C(O)c1ccccc1. The van der Waals surface area contributed by atoms with E-state index in [1.54, 1.807) is 6.07 Å². The Balaban J connectivity index is 2.10. The van der Waals surface area contributed by atoms with E-state index in [1.807, 2.05) is 54.1 Å². The van der Waals surface area contributed by atoms with Crippen LogP contribution in [0.1, 0.15) is 42.8 Å². The largest absolute Gasteiger partial charge is 0.383 e. The van der Waals surface area contributed by atoms with Gasteiger partial charge in [0.1, 0.15) is 11.1 Å². The van der Waals surface area contributed by atoms with Gasteiger partial charge in [0.05, 0.1) is 5.69 Å². The summed E-state index contributed by atoms with van der Waals surface area (Å²) < 4.78 is 1.94. The van der Waals surface area contributed by atoms with Crippen LogP contribution in [-0.4, -0.2) is 14.9 Å². The van der Waals surface area contributed by atoms with Crippen molar-refractivity contribution in [1.29, 1.82) is 0 Å². The molecular weight excluding hydrogens is 387 g/mol.